The number of rotatable bonds is 6. The van der Waals surface area contributed by atoms with Gasteiger partial charge in [0, 0.05) is 49.2 Å². The maximum absolute atomic E-state index is 6.17. The van der Waals surface area contributed by atoms with Gasteiger partial charge in [0.2, 0.25) is 0 Å². The molecule has 0 unspecified atom stereocenters. The summed E-state index contributed by atoms with van der Waals surface area (Å²) in [6, 6.07) is 12.2. The average Bonchev–Trinajstić information content (AvgIpc) is 3.31. The third kappa shape index (κ3) is 5.27. The zero-order valence-electron chi connectivity index (χ0n) is 16.2. The van der Waals surface area contributed by atoms with Gasteiger partial charge in [0.05, 0.1) is 0 Å². The Morgan fingerprint density at radius 3 is 2.76 bits per heavy atom. The van der Waals surface area contributed by atoms with Gasteiger partial charge in [0.1, 0.15) is 12.1 Å². The fraction of sp³-hybridized carbons (Fsp3) is 0.286. The monoisotopic (exact) mass is 522 g/mol. The van der Waals surface area contributed by atoms with E-state index in [0.29, 0.717) is 6.54 Å². The molecule has 2 N–H and O–H groups in total. The maximum Gasteiger partial charge on any atom is 0.191 e. The predicted octanol–water partition coefficient (Wildman–Crippen LogP) is 3.94. The molecule has 1 aliphatic carbocycles. The highest BCUT2D eigenvalue weighted by Crippen LogP contribution is 2.48. The molecule has 3 aromatic rings. The number of aromatic nitrogens is 3. The van der Waals surface area contributed by atoms with E-state index < -0.39 is 0 Å². The van der Waals surface area contributed by atoms with Crippen molar-refractivity contribution in [2.24, 2.45) is 4.99 Å². The molecule has 0 spiro atoms. The van der Waals surface area contributed by atoms with E-state index >= 15 is 0 Å². The summed E-state index contributed by atoms with van der Waals surface area (Å²) < 4.78 is 1.89. The Bertz CT molecular complexity index is 969. The highest BCUT2D eigenvalue weighted by atomic mass is 127. The molecule has 6 nitrogen and oxygen atoms in total. The van der Waals surface area contributed by atoms with Gasteiger partial charge in [-0.3, -0.25) is 9.56 Å². The van der Waals surface area contributed by atoms with E-state index in [1.165, 1.54) is 5.56 Å². The molecular weight excluding hydrogens is 499 g/mol. The molecule has 1 aromatic carbocycles. The average molecular weight is 523 g/mol. The van der Waals surface area contributed by atoms with E-state index in [1.54, 1.807) is 25.8 Å². The van der Waals surface area contributed by atoms with Crippen LogP contribution in [0.1, 0.15) is 24.0 Å². The van der Waals surface area contributed by atoms with Crippen LogP contribution in [-0.4, -0.2) is 34.1 Å². The van der Waals surface area contributed by atoms with Crippen molar-refractivity contribution in [3.63, 3.8) is 0 Å². The lowest BCUT2D eigenvalue weighted by molar-refractivity contribution is 0.645. The Balaban J connectivity index is 0.00000240. The first-order valence-corrected chi connectivity index (χ1v) is 9.70. The van der Waals surface area contributed by atoms with E-state index in [9.17, 15) is 0 Å². The third-order valence-electron chi connectivity index (χ3n) is 5.15. The first kappa shape index (κ1) is 21.6. The molecule has 2 aromatic heterocycles. The molecule has 0 atom stereocenters. The molecule has 4 rings (SSSR count). The standard InChI is InChI=1S/C21H23ClN6.HI/c1-23-20(27-14-21(6-7-21)17-3-2-4-18(22)12-17)26-13-16-5-8-25-19(11-16)28-10-9-24-15-28;/h2-5,8-12,15H,6-7,13-14H2,1H3,(H2,23,26,27);1H. The number of halogens is 2. The first-order chi connectivity index (χ1) is 13.7. The normalized spacial score (nSPS) is 14.8. The van der Waals surface area contributed by atoms with Gasteiger partial charge in [-0.15, -0.1) is 24.0 Å². The highest BCUT2D eigenvalue weighted by Gasteiger charge is 2.44. The molecule has 0 bridgehead atoms. The molecule has 0 radical (unpaired) electrons. The van der Waals surface area contributed by atoms with Gasteiger partial charge < -0.3 is 10.6 Å². The number of aliphatic imine (C=N–C) groups is 1. The molecule has 0 saturated heterocycles. The molecule has 2 heterocycles. The fourth-order valence-corrected chi connectivity index (χ4v) is 3.49. The number of hydrogen-bond acceptors (Lipinski definition) is 3. The van der Waals surface area contributed by atoms with Crippen molar-refractivity contribution < 1.29 is 0 Å². The van der Waals surface area contributed by atoms with Crippen LogP contribution in [0.4, 0.5) is 0 Å². The predicted molar refractivity (Wildman–Crippen MR) is 127 cm³/mol. The van der Waals surface area contributed by atoms with Crippen molar-refractivity contribution in [1.82, 2.24) is 25.2 Å². The smallest absolute Gasteiger partial charge is 0.191 e. The number of guanidine groups is 1. The number of benzene rings is 1. The van der Waals surface area contributed by atoms with Crippen molar-refractivity contribution in [1.29, 1.82) is 0 Å². The molecule has 0 amide bonds. The molecule has 1 saturated carbocycles. The second-order valence-electron chi connectivity index (χ2n) is 7.06. The SMILES string of the molecule is CN=C(NCc1ccnc(-n2ccnc2)c1)NCC1(c2cccc(Cl)c2)CC1.I. The highest BCUT2D eigenvalue weighted by molar-refractivity contribution is 14.0. The van der Waals surface area contributed by atoms with Crippen LogP contribution in [0, 0.1) is 0 Å². The first-order valence-electron chi connectivity index (χ1n) is 9.32. The van der Waals surface area contributed by atoms with Crippen LogP contribution in [0.2, 0.25) is 5.02 Å². The zero-order chi connectivity index (χ0) is 19.4. The summed E-state index contributed by atoms with van der Waals surface area (Å²) in [5.41, 5.74) is 2.58. The van der Waals surface area contributed by atoms with Gasteiger partial charge in [-0.25, -0.2) is 9.97 Å². The summed E-state index contributed by atoms with van der Waals surface area (Å²) in [7, 11) is 1.79. The summed E-state index contributed by atoms with van der Waals surface area (Å²) in [6.07, 6.45) is 9.49. The zero-order valence-corrected chi connectivity index (χ0v) is 19.3. The quantitative estimate of drug-likeness (QED) is 0.292. The van der Waals surface area contributed by atoms with Gasteiger partial charge in [0.25, 0.3) is 0 Å². The summed E-state index contributed by atoms with van der Waals surface area (Å²) in [5, 5.41) is 7.64. The Hall–Kier alpha value is -2.13. The van der Waals surface area contributed by atoms with Crippen LogP contribution in [-0.2, 0) is 12.0 Å². The molecule has 1 fully saturated rings. The number of nitrogens with zero attached hydrogens (tertiary/aromatic N) is 4. The summed E-state index contributed by atoms with van der Waals surface area (Å²) in [4.78, 5) is 12.8. The van der Waals surface area contributed by atoms with Crippen LogP contribution >= 0.6 is 35.6 Å². The molecular formula is C21H24ClIN6. The van der Waals surface area contributed by atoms with Gasteiger partial charge >= 0.3 is 0 Å². The molecule has 29 heavy (non-hydrogen) atoms. The lowest BCUT2D eigenvalue weighted by Crippen LogP contribution is -2.40. The minimum absolute atomic E-state index is 0. The van der Waals surface area contributed by atoms with Crippen LogP contribution < -0.4 is 10.6 Å². The van der Waals surface area contributed by atoms with Crippen LogP contribution in [0.25, 0.3) is 5.82 Å². The Labute approximate surface area is 192 Å². The van der Waals surface area contributed by atoms with Gasteiger partial charge in [-0.05, 0) is 48.2 Å². The fourth-order valence-electron chi connectivity index (χ4n) is 3.30. The third-order valence-corrected chi connectivity index (χ3v) is 5.38. The van der Waals surface area contributed by atoms with E-state index in [-0.39, 0.29) is 29.4 Å². The number of pyridine rings is 1. The summed E-state index contributed by atoms with van der Waals surface area (Å²) in [6.45, 7) is 1.50. The van der Waals surface area contributed by atoms with E-state index in [2.05, 4.69) is 37.7 Å². The van der Waals surface area contributed by atoms with Crippen molar-refractivity contribution in [2.75, 3.05) is 13.6 Å². The van der Waals surface area contributed by atoms with Gasteiger partial charge in [-0.2, -0.15) is 0 Å². The largest absolute Gasteiger partial charge is 0.356 e. The number of hydrogen-bond donors (Lipinski definition) is 2. The number of imidazole rings is 1. The molecule has 0 aliphatic heterocycles. The van der Waals surface area contributed by atoms with Crippen LogP contribution in [0.5, 0.6) is 0 Å². The second kappa shape index (κ2) is 9.58. The maximum atomic E-state index is 6.17. The Morgan fingerprint density at radius 2 is 2.07 bits per heavy atom. The minimum atomic E-state index is 0. The lowest BCUT2D eigenvalue weighted by Gasteiger charge is -2.19. The Morgan fingerprint density at radius 1 is 1.21 bits per heavy atom. The topological polar surface area (TPSA) is 67.1 Å². The lowest BCUT2D eigenvalue weighted by atomic mass is 9.96. The molecule has 1 aliphatic rings. The Kier molecular flexibility index (Phi) is 7.13. The van der Waals surface area contributed by atoms with E-state index in [4.69, 9.17) is 11.6 Å². The van der Waals surface area contributed by atoms with Crippen molar-refractivity contribution in [3.05, 3.63) is 77.5 Å². The number of nitrogens with one attached hydrogen (secondary N) is 2. The summed E-state index contributed by atoms with van der Waals surface area (Å²) in [5.74, 6) is 1.63. The van der Waals surface area contributed by atoms with Gasteiger partial charge in [-0.1, -0.05) is 23.7 Å². The van der Waals surface area contributed by atoms with E-state index in [1.807, 2.05) is 35.0 Å². The van der Waals surface area contributed by atoms with Crippen molar-refractivity contribution in [3.8, 4) is 5.82 Å². The molecule has 152 valence electrons. The van der Waals surface area contributed by atoms with E-state index in [0.717, 1.165) is 41.7 Å². The van der Waals surface area contributed by atoms with Crippen molar-refractivity contribution >= 4 is 41.5 Å². The van der Waals surface area contributed by atoms with Gasteiger partial charge in [0.15, 0.2) is 5.96 Å². The van der Waals surface area contributed by atoms with Crippen LogP contribution in [0.15, 0.2) is 66.3 Å². The second-order valence-corrected chi connectivity index (χ2v) is 7.50. The minimum Gasteiger partial charge on any atom is -0.356 e. The summed E-state index contributed by atoms with van der Waals surface area (Å²) >= 11 is 6.17. The molecule has 8 heteroatoms. The van der Waals surface area contributed by atoms with Crippen LogP contribution in [0.3, 0.4) is 0 Å². The van der Waals surface area contributed by atoms with Crippen molar-refractivity contribution in [2.45, 2.75) is 24.8 Å².